The predicted molar refractivity (Wildman–Crippen MR) is 41.8 cm³/mol. The molecule has 0 saturated carbocycles. The van der Waals surface area contributed by atoms with E-state index in [2.05, 4.69) is 21.8 Å². The van der Waals surface area contributed by atoms with Crippen LogP contribution in [-0.2, 0) is 11.4 Å². The van der Waals surface area contributed by atoms with Gasteiger partial charge in [-0.2, -0.15) is 0 Å². The molecule has 0 unspecified atom stereocenters. The maximum absolute atomic E-state index is 4.73. The molecule has 3 heteroatoms. The van der Waals surface area contributed by atoms with E-state index in [0.29, 0.717) is 6.61 Å². The molecule has 1 rings (SSSR count). The second-order valence-electron chi connectivity index (χ2n) is 1.94. The maximum Gasteiger partial charge on any atom is 0.132 e. The predicted octanol–water partition coefficient (Wildman–Crippen LogP) is 1.12. The van der Waals surface area contributed by atoms with Gasteiger partial charge < -0.3 is 0 Å². The molecule has 0 heterocycles. The Bertz CT molecular complexity index is 215. The molecule has 1 aromatic rings. The maximum atomic E-state index is 4.73. The molecule has 0 aromatic heterocycles. The van der Waals surface area contributed by atoms with E-state index < -0.39 is 0 Å². The van der Waals surface area contributed by atoms with Crippen LogP contribution in [0.5, 0.6) is 0 Å². The zero-order valence-corrected chi connectivity index (χ0v) is 7.10. The van der Waals surface area contributed by atoms with Crippen molar-refractivity contribution in [3.63, 3.8) is 0 Å². The third-order valence-electron chi connectivity index (χ3n) is 1.22. The topological polar surface area (TPSA) is 36.9 Å². The van der Waals surface area contributed by atoms with Gasteiger partial charge in [0.2, 0.25) is 0 Å². The fourth-order valence-corrected chi connectivity index (χ4v) is 1.12. The molecular formula is C7H9BrNO+. The van der Waals surface area contributed by atoms with Crippen LogP contribution in [0, 0.1) is 0 Å². The molecule has 0 aliphatic heterocycles. The molecule has 10 heavy (non-hydrogen) atoms. The minimum absolute atomic E-state index is 0.557. The molecule has 0 aliphatic rings. The van der Waals surface area contributed by atoms with Crippen molar-refractivity contribution in [1.29, 1.82) is 0 Å². The molecule has 0 radical (unpaired) electrons. The van der Waals surface area contributed by atoms with E-state index >= 15 is 0 Å². The fraction of sp³-hybridized carbons (Fsp3) is 0.143. The van der Waals surface area contributed by atoms with Crippen LogP contribution in [0.2, 0.25) is 0 Å². The van der Waals surface area contributed by atoms with Crippen LogP contribution in [0.1, 0.15) is 5.56 Å². The van der Waals surface area contributed by atoms with E-state index in [-0.39, 0.29) is 0 Å². The van der Waals surface area contributed by atoms with Gasteiger partial charge in [0.25, 0.3) is 0 Å². The molecule has 0 spiro atoms. The van der Waals surface area contributed by atoms with Gasteiger partial charge in [-0.05, 0) is 11.6 Å². The minimum Gasteiger partial charge on any atom is -0.212 e. The lowest BCUT2D eigenvalue weighted by atomic mass is 10.2. The summed E-state index contributed by atoms with van der Waals surface area (Å²) < 4.78 is 1.07. The van der Waals surface area contributed by atoms with Crippen molar-refractivity contribution < 1.29 is 10.7 Å². The molecule has 3 N–H and O–H groups in total. The summed E-state index contributed by atoms with van der Waals surface area (Å²) in [7, 11) is 0. The molecule has 1 aromatic carbocycles. The lowest BCUT2D eigenvalue weighted by Crippen LogP contribution is -2.48. The monoisotopic (exact) mass is 202 g/mol. The number of benzene rings is 1. The molecule has 0 atom stereocenters. The molecule has 2 nitrogen and oxygen atoms in total. The fourth-order valence-electron chi connectivity index (χ4n) is 0.725. The van der Waals surface area contributed by atoms with Crippen molar-refractivity contribution >= 4 is 15.9 Å². The van der Waals surface area contributed by atoms with Crippen molar-refractivity contribution in [3.8, 4) is 0 Å². The van der Waals surface area contributed by atoms with Gasteiger partial charge in [-0.3, -0.25) is 0 Å². The van der Waals surface area contributed by atoms with Crippen molar-refractivity contribution in [2.75, 3.05) is 0 Å². The van der Waals surface area contributed by atoms with Gasteiger partial charge >= 0.3 is 0 Å². The molecule has 0 saturated heterocycles. The molecule has 0 bridgehead atoms. The first-order valence-electron chi connectivity index (χ1n) is 2.95. The number of rotatable bonds is 2. The highest BCUT2D eigenvalue weighted by molar-refractivity contribution is 9.10. The Labute approximate surface area is 68.1 Å². The number of halogens is 1. The lowest BCUT2D eigenvalue weighted by molar-refractivity contribution is -0.695. The van der Waals surface area contributed by atoms with Gasteiger partial charge in [-0.15, -0.1) is 0 Å². The Kier molecular flexibility index (Phi) is 2.86. The lowest BCUT2D eigenvalue weighted by Gasteiger charge is -1.97. The standard InChI is InChI=1S/C7H9BrNO/c8-7-4-2-1-3-6(7)5-10-9/h1-4H,5H2,9H3/q+1. The highest BCUT2D eigenvalue weighted by atomic mass is 79.9. The summed E-state index contributed by atoms with van der Waals surface area (Å²) in [5.41, 5.74) is 1.12. The summed E-state index contributed by atoms with van der Waals surface area (Å²) in [6, 6.07) is 7.92. The van der Waals surface area contributed by atoms with Gasteiger partial charge in [0.1, 0.15) is 6.61 Å². The average molecular weight is 203 g/mol. The molecular weight excluding hydrogens is 194 g/mol. The quantitative estimate of drug-likeness (QED) is 0.718. The van der Waals surface area contributed by atoms with Gasteiger partial charge in [0.05, 0.1) is 0 Å². The zero-order chi connectivity index (χ0) is 7.40. The van der Waals surface area contributed by atoms with E-state index in [0.717, 1.165) is 10.0 Å². The van der Waals surface area contributed by atoms with Gasteiger partial charge in [-0.25, -0.2) is 10.7 Å². The number of quaternary nitrogens is 1. The summed E-state index contributed by atoms with van der Waals surface area (Å²) in [6.07, 6.45) is 0. The highest BCUT2D eigenvalue weighted by Gasteiger charge is 1.96. The van der Waals surface area contributed by atoms with Crippen LogP contribution in [0.15, 0.2) is 28.7 Å². The van der Waals surface area contributed by atoms with Crippen molar-refractivity contribution in [1.82, 2.24) is 0 Å². The summed E-state index contributed by atoms with van der Waals surface area (Å²) in [4.78, 5) is 4.73. The first kappa shape index (κ1) is 7.72. The molecule has 0 amide bonds. The molecule has 0 aliphatic carbocycles. The Morgan fingerprint density at radius 2 is 2.10 bits per heavy atom. The van der Waals surface area contributed by atoms with Crippen LogP contribution in [0.25, 0.3) is 0 Å². The third-order valence-corrected chi connectivity index (χ3v) is 1.99. The van der Waals surface area contributed by atoms with Gasteiger partial charge in [0.15, 0.2) is 0 Å². The summed E-state index contributed by atoms with van der Waals surface area (Å²) >= 11 is 3.39. The van der Waals surface area contributed by atoms with Gasteiger partial charge in [-0.1, -0.05) is 34.1 Å². The van der Waals surface area contributed by atoms with E-state index in [1.54, 1.807) is 0 Å². The van der Waals surface area contributed by atoms with E-state index in [4.69, 9.17) is 4.84 Å². The van der Waals surface area contributed by atoms with Crippen molar-refractivity contribution in [2.24, 2.45) is 0 Å². The van der Waals surface area contributed by atoms with E-state index in [9.17, 15) is 0 Å². The highest BCUT2D eigenvalue weighted by Crippen LogP contribution is 2.15. The second-order valence-corrected chi connectivity index (χ2v) is 2.79. The van der Waals surface area contributed by atoms with Crippen LogP contribution < -0.4 is 5.90 Å². The minimum atomic E-state index is 0.557. The number of hydrogen-bond donors (Lipinski definition) is 1. The smallest absolute Gasteiger partial charge is 0.132 e. The van der Waals surface area contributed by atoms with Crippen LogP contribution in [-0.4, -0.2) is 0 Å². The molecule has 0 fully saturated rings. The van der Waals surface area contributed by atoms with Gasteiger partial charge in [0, 0.05) is 4.47 Å². The first-order chi connectivity index (χ1) is 4.84. The SMILES string of the molecule is [NH3+]OCc1ccccc1Br. The third kappa shape index (κ3) is 1.80. The van der Waals surface area contributed by atoms with Crippen LogP contribution >= 0.6 is 15.9 Å². The van der Waals surface area contributed by atoms with E-state index in [1.165, 1.54) is 0 Å². The second kappa shape index (κ2) is 3.71. The normalized spacial score (nSPS) is 9.80. The van der Waals surface area contributed by atoms with E-state index in [1.807, 2.05) is 24.3 Å². The Balaban J connectivity index is 2.81. The Hall–Kier alpha value is -0.380. The number of hydrogen-bond acceptors (Lipinski definition) is 1. The zero-order valence-electron chi connectivity index (χ0n) is 5.51. The largest absolute Gasteiger partial charge is 0.212 e. The van der Waals surface area contributed by atoms with Crippen molar-refractivity contribution in [2.45, 2.75) is 6.61 Å². The summed E-state index contributed by atoms with van der Waals surface area (Å²) in [5, 5.41) is 0. The summed E-state index contributed by atoms with van der Waals surface area (Å²) in [6.45, 7) is 0.557. The van der Waals surface area contributed by atoms with Crippen LogP contribution in [0.4, 0.5) is 0 Å². The first-order valence-corrected chi connectivity index (χ1v) is 3.74. The Morgan fingerprint density at radius 1 is 1.40 bits per heavy atom. The van der Waals surface area contributed by atoms with Crippen molar-refractivity contribution in [3.05, 3.63) is 34.3 Å². The van der Waals surface area contributed by atoms with Crippen LogP contribution in [0.3, 0.4) is 0 Å². The Morgan fingerprint density at radius 3 is 2.70 bits per heavy atom. The molecule has 54 valence electrons. The average Bonchev–Trinajstić information content (AvgIpc) is 1.94. The summed E-state index contributed by atoms with van der Waals surface area (Å²) in [5.74, 6) is 3.30.